The Labute approximate surface area is 144 Å². The third kappa shape index (κ3) is 2.85. The Kier molecular flexibility index (Phi) is 4.01. The van der Waals surface area contributed by atoms with Gasteiger partial charge in [0.05, 0.1) is 17.3 Å². The molecule has 0 aliphatic carbocycles. The zero-order valence-electron chi connectivity index (χ0n) is 14.0. The summed E-state index contributed by atoms with van der Waals surface area (Å²) in [5.74, 6) is -0.223. The van der Waals surface area contributed by atoms with Crippen LogP contribution in [0.3, 0.4) is 0 Å². The molecule has 0 atom stereocenters. The van der Waals surface area contributed by atoms with Gasteiger partial charge in [0.2, 0.25) is 0 Å². The summed E-state index contributed by atoms with van der Waals surface area (Å²) in [6.07, 6.45) is 3.37. The van der Waals surface area contributed by atoms with Crippen LogP contribution in [0.1, 0.15) is 31.3 Å². The fourth-order valence-electron chi connectivity index (χ4n) is 2.51. The molecule has 7 heteroatoms. The summed E-state index contributed by atoms with van der Waals surface area (Å²) in [6.45, 7) is 6.22. The number of fused-ring (bicyclic) bond motifs is 1. The topological polar surface area (TPSA) is 72.7 Å². The molecule has 0 saturated carbocycles. The SMILES string of the molecule is CNC(=O)c1ccc(-c2nn(C(C)(C)C)c3cnc(Cl)cc23)cn1. The highest BCUT2D eigenvalue weighted by Crippen LogP contribution is 2.31. The van der Waals surface area contributed by atoms with Crippen molar-refractivity contribution in [1.82, 2.24) is 25.1 Å². The summed E-state index contributed by atoms with van der Waals surface area (Å²) in [5, 5.41) is 8.61. The first kappa shape index (κ1) is 16.4. The van der Waals surface area contributed by atoms with Gasteiger partial charge in [-0.05, 0) is 39.0 Å². The quantitative estimate of drug-likeness (QED) is 0.725. The third-order valence-electron chi connectivity index (χ3n) is 3.66. The fraction of sp³-hybridized carbons (Fsp3) is 0.294. The van der Waals surface area contributed by atoms with Gasteiger partial charge in [-0.15, -0.1) is 0 Å². The zero-order valence-corrected chi connectivity index (χ0v) is 14.7. The molecule has 0 saturated heterocycles. The maximum Gasteiger partial charge on any atom is 0.269 e. The molecule has 3 heterocycles. The van der Waals surface area contributed by atoms with Gasteiger partial charge in [-0.2, -0.15) is 5.10 Å². The highest BCUT2D eigenvalue weighted by Gasteiger charge is 2.21. The Morgan fingerprint density at radius 3 is 2.54 bits per heavy atom. The van der Waals surface area contributed by atoms with Crippen LogP contribution < -0.4 is 5.32 Å². The van der Waals surface area contributed by atoms with Gasteiger partial charge in [-0.3, -0.25) is 14.5 Å². The van der Waals surface area contributed by atoms with Crippen LogP contribution >= 0.6 is 11.6 Å². The Morgan fingerprint density at radius 2 is 1.96 bits per heavy atom. The van der Waals surface area contributed by atoms with E-state index in [2.05, 4.69) is 36.1 Å². The van der Waals surface area contributed by atoms with Crippen molar-refractivity contribution in [3.05, 3.63) is 41.4 Å². The molecule has 1 amide bonds. The van der Waals surface area contributed by atoms with Crippen molar-refractivity contribution in [3.8, 4) is 11.3 Å². The summed E-state index contributed by atoms with van der Waals surface area (Å²) in [6, 6.07) is 5.31. The molecule has 0 aliphatic heterocycles. The molecule has 0 radical (unpaired) electrons. The minimum absolute atomic E-state index is 0.207. The summed E-state index contributed by atoms with van der Waals surface area (Å²) in [4.78, 5) is 20.0. The first-order chi connectivity index (χ1) is 11.3. The zero-order chi connectivity index (χ0) is 17.5. The molecule has 6 nitrogen and oxygen atoms in total. The number of nitrogens with one attached hydrogen (secondary N) is 1. The van der Waals surface area contributed by atoms with Crippen LogP contribution in [-0.2, 0) is 5.54 Å². The van der Waals surface area contributed by atoms with E-state index in [0.29, 0.717) is 10.8 Å². The van der Waals surface area contributed by atoms with Crippen molar-refractivity contribution in [3.63, 3.8) is 0 Å². The highest BCUT2D eigenvalue weighted by molar-refractivity contribution is 6.30. The Morgan fingerprint density at radius 1 is 1.21 bits per heavy atom. The van der Waals surface area contributed by atoms with E-state index in [1.807, 2.05) is 10.7 Å². The molecule has 0 spiro atoms. The molecule has 0 unspecified atom stereocenters. The fourth-order valence-corrected chi connectivity index (χ4v) is 2.67. The second-order valence-electron chi connectivity index (χ2n) is 6.47. The van der Waals surface area contributed by atoms with Crippen molar-refractivity contribution in [2.45, 2.75) is 26.3 Å². The van der Waals surface area contributed by atoms with Crippen LogP contribution in [0.15, 0.2) is 30.6 Å². The standard InChI is InChI=1S/C17H18ClN5O/c1-17(2,3)23-13-9-21-14(18)7-11(13)15(22-23)10-5-6-12(20-8-10)16(24)19-4/h5-9H,1-4H3,(H,19,24). The maximum atomic E-state index is 11.6. The Bertz CT molecular complexity index is 909. The second kappa shape index (κ2) is 5.87. The predicted molar refractivity (Wildman–Crippen MR) is 94.2 cm³/mol. The number of carbonyl (C=O) groups is 1. The number of aromatic nitrogens is 4. The number of nitrogens with zero attached hydrogens (tertiary/aromatic N) is 4. The molecule has 0 bridgehead atoms. The number of pyridine rings is 2. The molecular weight excluding hydrogens is 326 g/mol. The van der Waals surface area contributed by atoms with E-state index in [4.69, 9.17) is 16.7 Å². The third-order valence-corrected chi connectivity index (χ3v) is 3.87. The predicted octanol–water partition coefficient (Wildman–Crippen LogP) is 3.26. The summed E-state index contributed by atoms with van der Waals surface area (Å²) in [5.41, 5.74) is 2.64. The van der Waals surface area contributed by atoms with E-state index in [1.54, 1.807) is 31.6 Å². The largest absolute Gasteiger partial charge is 0.354 e. The first-order valence-electron chi connectivity index (χ1n) is 7.54. The van der Waals surface area contributed by atoms with E-state index < -0.39 is 0 Å². The molecule has 0 fully saturated rings. The van der Waals surface area contributed by atoms with Crippen LogP contribution in [-0.4, -0.2) is 32.7 Å². The number of rotatable bonds is 2. The van der Waals surface area contributed by atoms with Gasteiger partial charge >= 0.3 is 0 Å². The van der Waals surface area contributed by atoms with Crippen LogP contribution in [0, 0.1) is 0 Å². The highest BCUT2D eigenvalue weighted by atomic mass is 35.5. The minimum Gasteiger partial charge on any atom is -0.354 e. The molecule has 124 valence electrons. The molecule has 3 aromatic heterocycles. The number of hydrogen-bond donors (Lipinski definition) is 1. The smallest absolute Gasteiger partial charge is 0.269 e. The van der Waals surface area contributed by atoms with Crippen molar-refractivity contribution < 1.29 is 4.79 Å². The van der Waals surface area contributed by atoms with E-state index in [-0.39, 0.29) is 11.4 Å². The van der Waals surface area contributed by atoms with Crippen LogP contribution in [0.2, 0.25) is 5.15 Å². The lowest BCUT2D eigenvalue weighted by Gasteiger charge is -2.20. The summed E-state index contributed by atoms with van der Waals surface area (Å²) < 4.78 is 1.92. The average molecular weight is 344 g/mol. The molecule has 1 N–H and O–H groups in total. The van der Waals surface area contributed by atoms with Crippen LogP contribution in [0.4, 0.5) is 0 Å². The van der Waals surface area contributed by atoms with E-state index >= 15 is 0 Å². The van der Waals surface area contributed by atoms with Gasteiger partial charge in [-0.1, -0.05) is 11.6 Å². The van der Waals surface area contributed by atoms with Gasteiger partial charge in [0.25, 0.3) is 5.91 Å². The normalized spacial score (nSPS) is 11.7. The van der Waals surface area contributed by atoms with Crippen LogP contribution in [0.5, 0.6) is 0 Å². The number of hydrogen-bond acceptors (Lipinski definition) is 4. The van der Waals surface area contributed by atoms with Gasteiger partial charge < -0.3 is 5.32 Å². The number of halogens is 1. The average Bonchev–Trinajstić information content (AvgIpc) is 2.93. The Hall–Kier alpha value is -2.47. The molecule has 24 heavy (non-hydrogen) atoms. The summed E-state index contributed by atoms with van der Waals surface area (Å²) >= 11 is 6.07. The lowest BCUT2D eigenvalue weighted by molar-refractivity contribution is 0.0958. The van der Waals surface area contributed by atoms with Crippen molar-refractivity contribution in [2.75, 3.05) is 7.05 Å². The lowest BCUT2D eigenvalue weighted by Crippen LogP contribution is -2.23. The van der Waals surface area contributed by atoms with Gasteiger partial charge in [0.15, 0.2) is 0 Å². The number of carbonyl (C=O) groups excluding carboxylic acids is 1. The molecule has 3 aromatic rings. The van der Waals surface area contributed by atoms with E-state index in [9.17, 15) is 4.79 Å². The van der Waals surface area contributed by atoms with Gasteiger partial charge in [0, 0.05) is 24.2 Å². The minimum atomic E-state index is -0.223. The maximum absolute atomic E-state index is 11.6. The van der Waals surface area contributed by atoms with E-state index in [0.717, 1.165) is 22.2 Å². The lowest BCUT2D eigenvalue weighted by atomic mass is 10.1. The van der Waals surface area contributed by atoms with Crippen LogP contribution in [0.25, 0.3) is 22.2 Å². The Balaban J connectivity index is 2.19. The monoisotopic (exact) mass is 343 g/mol. The second-order valence-corrected chi connectivity index (χ2v) is 6.85. The molecule has 0 aromatic carbocycles. The van der Waals surface area contributed by atoms with Crippen molar-refractivity contribution in [2.24, 2.45) is 0 Å². The first-order valence-corrected chi connectivity index (χ1v) is 7.92. The van der Waals surface area contributed by atoms with Gasteiger partial charge in [0.1, 0.15) is 16.5 Å². The van der Waals surface area contributed by atoms with E-state index in [1.165, 1.54) is 0 Å². The molecule has 3 rings (SSSR count). The van der Waals surface area contributed by atoms with Crippen molar-refractivity contribution in [1.29, 1.82) is 0 Å². The molecular formula is C17H18ClN5O. The molecule has 0 aliphatic rings. The number of amides is 1. The summed E-state index contributed by atoms with van der Waals surface area (Å²) in [7, 11) is 1.57. The van der Waals surface area contributed by atoms with Gasteiger partial charge in [-0.25, -0.2) is 4.98 Å². The van der Waals surface area contributed by atoms with Crippen molar-refractivity contribution >= 4 is 28.4 Å².